The summed E-state index contributed by atoms with van der Waals surface area (Å²) in [6.45, 7) is 5.97. The van der Waals surface area contributed by atoms with Crippen LogP contribution in [0.1, 0.15) is 77.6 Å². The summed E-state index contributed by atoms with van der Waals surface area (Å²) in [4.78, 5) is 12.4. The first-order valence-corrected chi connectivity index (χ1v) is 9.71. The Bertz CT molecular complexity index is 383. The molecule has 0 amide bonds. The van der Waals surface area contributed by atoms with E-state index in [2.05, 4.69) is 25.7 Å². The average Bonchev–Trinajstić information content (AvgIpc) is 2.59. The van der Waals surface area contributed by atoms with Crippen molar-refractivity contribution in [2.45, 2.75) is 83.7 Å². The predicted octanol–water partition coefficient (Wildman–Crippen LogP) is 5.83. The van der Waals surface area contributed by atoms with Gasteiger partial charge in [-0.05, 0) is 82.5 Å². The molecule has 0 atom stereocenters. The summed E-state index contributed by atoms with van der Waals surface area (Å²) in [6.07, 6.45) is 19.1. The zero-order valence-corrected chi connectivity index (χ0v) is 14.8. The molecule has 2 fully saturated rings. The topological polar surface area (TPSA) is 26.3 Å². The molecule has 0 aromatic rings. The van der Waals surface area contributed by atoms with Crippen LogP contribution in [-0.4, -0.2) is 12.1 Å². The number of rotatable bonds is 7. The molecule has 2 heteroatoms. The van der Waals surface area contributed by atoms with Gasteiger partial charge in [0.15, 0.2) is 0 Å². The van der Waals surface area contributed by atoms with Gasteiger partial charge in [0.1, 0.15) is 6.10 Å². The van der Waals surface area contributed by atoms with Crippen molar-refractivity contribution >= 4 is 5.97 Å². The maximum absolute atomic E-state index is 12.4. The second-order valence-electron chi connectivity index (χ2n) is 7.39. The number of hydrogen-bond acceptors (Lipinski definition) is 2. The van der Waals surface area contributed by atoms with Gasteiger partial charge in [0.25, 0.3) is 0 Å². The van der Waals surface area contributed by atoms with Crippen LogP contribution in [0, 0.1) is 17.8 Å². The van der Waals surface area contributed by atoms with Crippen molar-refractivity contribution in [2.75, 3.05) is 0 Å². The maximum atomic E-state index is 12.4. The van der Waals surface area contributed by atoms with Crippen molar-refractivity contribution in [3.8, 4) is 0 Å². The summed E-state index contributed by atoms with van der Waals surface area (Å²) in [5.41, 5.74) is 0. The summed E-state index contributed by atoms with van der Waals surface area (Å²) in [6, 6.07) is 0. The Balaban J connectivity index is 1.66. The van der Waals surface area contributed by atoms with E-state index >= 15 is 0 Å². The van der Waals surface area contributed by atoms with Crippen molar-refractivity contribution in [3.63, 3.8) is 0 Å². The zero-order valence-electron chi connectivity index (χ0n) is 14.8. The number of esters is 1. The molecule has 2 rings (SSSR count). The second-order valence-corrected chi connectivity index (χ2v) is 7.39. The average molecular weight is 319 g/mol. The lowest BCUT2D eigenvalue weighted by Crippen LogP contribution is -2.29. The molecular weight excluding hydrogens is 284 g/mol. The lowest BCUT2D eigenvalue weighted by atomic mass is 9.80. The van der Waals surface area contributed by atoms with Crippen LogP contribution in [0.2, 0.25) is 0 Å². The first kappa shape index (κ1) is 18.3. The summed E-state index contributed by atoms with van der Waals surface area (Å²) < 4.78 is 5.82. The first-order valence-electron chi connectivity index (χ1n) is 9.71. The Labute approximate surface area is 142 Å². The predicted molar refractivity (Wildman–Crippen MR) is 96.1 cm³/mol. The van der Waals surface area contributed by atoms with E-state index < -0.39 is 0 Å². The minimum atomic E-state index is 0.0831. The maximum Gasteiger partial charge on any atom is 0.309 e. The van der Waals surface area contributed by atoms with E-state index in [4.69, 9.17) is 4.74 Å². The molecule has 2 nitrogen and oxygen atoms in total. The minimum Gasteiger partial charge on any atom is -0.462 e. The van der Waals surface area contributed by atoms with Gasteiger partial charge in [0, 0.05) is 0 Å². The quantitative estimate of drug-likeness (QED) is 0.436. The molecular formula is C21H34O2. The van der Waals surface area contributed by atoms with Crippen LogP contribution < -0.4 is 0 Å². The fraction of sp³-hybridized carbons (Fsp3) is 0.762. The van der Waals surface area contributed by atoms with Gasteiger partial charge in [-0.1, -0.05) is 25.2 Å². The molecule has 2 saturated carbocycles. The highest BCUT2D eigenvalue weighted by Crippen LogP contribution is 2.34. The van der Waals surface area contributed by atoms with Crippen LogP contribution in [0.25, 0.3) is 0 Å². The van der Waals surface area contributed by atoms with Gasteiger partial charge in [-0.25, -0.2) is 0 Å². The summed E-state index contributed by atoms with van der Waals surface area (Å²) >= 11 is 0. The van der Waals surface area contributed by atoms with Crippen LogP contribution in [0.4, 0.5) is 0 Å². The third-order valence-electron chi connectivity index (χ3n) is 5.60. The highest BCUT2D eigenvalue weighted by Gasteiger charge is 2.30. The minimum absolute atomic E-state index is 0.0831. The van der Waals surface area contributed by atoms with Gasteiger partial charge < -0.3 is 4.74 Å². The molecule has 2 aliphatic rings. The van der Waals surface area contributed by atoms with Gasteiger partial charge in [-0.2, -0.15) is 0 Å². The zero-order chi connectivity index (χ0) is 16.5. The molecule has 130 valence electrons. The smallest absolute Gasteiger partial charge is 0.309 e. The van der Waals surface area contributed by atoms with E-state index in [9.17, 15) is 4.79 Å². The Morgan fingerprint density at radius 3 is 2.39 bits per heavy atom. The van der Waals surface area contributed by atoms with Gasteiger partial charge in [-0.3, -0.25) is 4.79 Å². The molecule has 0 radical (unpaired) electrons. The lowest BCUT2D eigenvalue weighted by molar-refractivity contribution is -0.157. The number of carbonyl (C=O) groups excluding carboxylic acids is 1. The third-order valence-corrected chi connectivity index (χ3v) is 5.60. The van der Waals surface area contributed by atoms with E-state index in [0.29, 0.717) is 5.92 Å². The van der Waals surface area contributed by atoms with Gasteiger partial charge in [-0.15, -0.1) is 6.58 Å². The molecule has 2 aliphatic carbocycles. The van der Waals surface area contributed by atoms with Gasteiger partial charge in [0.2, 0.25) is 0 Å². The van der Waals surface area contributed by atoms with Crippen LogP contribution >= 0.6 is 0 Å². The van der Waals surface area contributed by atoms with Crippen LogP contribution in [0.3, 0.4) is 0 Å². The fourth-order valence-electron chi connectivity index (χ4n) is 4.03. The van der Waals surface area contributed by atoms with E-state index in [0.717, 1.165) is 44.4 Å². The summed E-state index contributed by atoms with van der Waals surface area (Å²) in [5.74, 6) is 1.73. The standard InChI is InChI=1S/C21H34O2/c1-3-5-7-17-9-13-19(14-10-17)21(22)23-20-15-11-18(12-16-20)8-6-4-2/h3,6,8,17-20H,1,4-5,7,9-16H2,2H3/t17-,18-,19-,20-. The van der Waals surface area contributed by atoms with Crippen molar-refractivity contribution in [2.24, 2.45) is 17.8 Å². The molecule has 0 unspecified atom stereocenters. The molecule has 0 spiro atoms. The van der Waals surface area contributed by atoms with E-state index in [1.54, 1.807) is 0 Å². The Kier molecular flexibility index (Phi) is 7.91. The summed E-state index contributed by atoms with van der Waals surface area (Å²) in [7, 11) is 0. The van der Waals surface area contributed by atoms with Crippen LogP contribution in [0.5, 0.6) is 0 Å². The third kappa shape index (κ3) is 6.16. The highest BCUT2D eigenvalue weighted by atomic mass is 16.5. The Morgan fingerprint density at radius 1 is 1.09 bits per heavy atom. The molecule has 0 aromatic heterocycles. The first-order chi connectivity index (χ1) is 11.2. The fourth-order valence-corrected chi connectivity index (χ4v) is 4.03. The van der Waals surface area contributed by atoms with Crippen LogP contribution in [-0.2, 0) is 9.53 Å². The molecule has 0 N–H and O–H groups in total. The SMILES string of the molecule is C=CCC[C@H]1CC[C@H](C(=O)O[C@H]2CC[C@H](C=CCC)CC2)CC1. The number of ether oxygens (including phenoxy) is 1. The number of allylic oxidation sites excluding steroid dienone is 3. The van der Waals surface area contributed by atoms with Gasteiger partial charge in [0.05, 0.1) is 5.92 Å². The largest absolute Gasteiger partial charge is 0.462 e. The molecule has 0 aliphatic heterocycles. The number of carbonyl (C=O) groups is 1. The van der Waals surface area contributed by atoms with Crippen molar-refractivity contribution in [1.82, 2.24) is 0 Å². The van der Waals surface area contributed by atoms with Crippen molar-refractivity contribution in [3.05, 3.63) is 24.8 Å². The molecule has 0 bridgehead atoms. The van der Waals surface area contributed by atoms with Crippen molar-refractivity contribution < 1.29 is 9.53 Å². The Morgan fingerprint density at radius 2 is 1.78 bits per heavy atom. The van der Waals surface area contributed by atoms with Crippen LogP contribution in [0.15, 0.2) is 24.8 Å². The normalized spacial score (nSPS) is 31.9. The lowest BCUT2D eigenvalue weighted by Gasteiger charge is -2.31. The van der Waals surface area contributed by atoms with E-state index in [1.165, 1.54) is 32.1 Å². The van der Waals surface area contributed by atoms with E-state index in [-0.39, 0.29) is 18.0 Å². The molecule has 0 saturated heterocycles. The molecule has 0 heterocycles. The Hall–Kier alpha value is -1.05. The summed E-state index contributed by atoms with van der Waals surface area (Å²) in [5, 5.41) is 0. The van der Waals surface area contributed by atoms with Crippen molar-refractivity contribution in [1.29, 1.82) is 0 Å². The number of hydrogen-bond donors (Lipinski definition) is 0. The van der Waals surface area contributed by atoms with E-state index in [1.807, 2.05) is 6.08 Å². The molecule has 0 aromatic carbocycles. The molecule has 23 heavy (non-hydrogen) atoms. The van der Waals surface area contributed by atoms with Gasteiger partial charge >= 0.3 is 5.97 Å². The monoisotopic (exact) mass is 318 g/mol. The highest BCUT2D eigenvalue weighted by molar-refractivity contribution is 5.72. The second kappa shape index (κ2) is 9.95.